The first kappa shape index (κ1) is 20.2. The lowest BCUT2D eigenvalue weighted by Crippen LogP contribution is -2.27. The van der Waals surface area contributed by atoms with E-state index in [9.17, 15) is 13.2 Å². The minimum Gasteiger partial charge on any atom is -0.347 e. The van der Waals surface area contributed by atoms with E-state index in [4.69, 9.17) is 0 Å². The summed E-state index contributed by atoms with van der Waals surface area (Å²) >= 11 is 0. The molecule has 1 aromatic carbocycles. The molecule has 1 fully saturated rings. The number of sulfonamides is 1. The van der Waals surface area contributed by atoms with Crippen LogP contribution < -0.4 is 14.5 Å². The molecule has 0 radical (unpaired) electrons. The van der Waals surface area contributed by atoms with Gasteiger partial charge < -0.3 is 9.80 Å². The highest BCUT2D eigenvalue weighted by atomic mass is 32.2. The van der Waals surface area contributed by atoms with E-state index < -0.39 is 10.0 Å². The fourth-order valence-corrected chi connectivity index (χ4v) is 3.88. The van der Waals surface area contributed by atoms with Gasteiger partial charge in [0.2, 0.25) is 21.9 Å². The molecule has 1 aliphatic heterocycles. The van der Waals surface area contributed by atoms with Crippen LogP contribution in [-0.2, 0) is 16.6 Å². The molecule has 1 saturated heterocycles. The standard InChI is InChI=1S/C18H24N6O3S/c1-13(25)14-7-6-8-15(11-14)28(26,27)19-12-16-20-17(23(2)3)22-18(21-16)24-9-4-5-10-24/h6-8,11,19H,4-5,9-10,12H2,1-3H3. The summed E-state index contributed by atoms with van der Waals surface area (Å²) in [5.41, 5.74) is 0.342. The third-order valence-electron chi connectivity index (χ3n) is 4.42. The van der Waals surface area contributed by atoms with Gasteiger partial charge in [-0.15, -0.1) is 0 Å². The lowest BCUT2D eigenvalue weighted by molar-refractivity contribution is 0.101. The number of ketones is 1. The van der Waals surface area contributed by atoms with Crippen LogP contribution in [0.25, 0.3) is 0 Å². The fourth-order valence-electron chi connectivity index (χ4n) is 2.86. The molecule has 2 aromatic rings. The first-order valence-corrected chi connectivity index (χ1v) is 10.5. The highest BCUT2D eigenvalue weighted by Gasteiger charge is 2.20. The summed E-state index contributed by atoms with van der Waals surface area (Å²) in [7, 11) is -0.162. The van der Waals surface area contributed by atoms with E-state index in [1.165, 1.54) is 19.1 Å². The maximum Gasteiger partial charge on any atom is 0.240 e. The summed E-state index contributed by atoms with van der Waals surface area (Å²) in [5, 5.41) is 0. The molecule has 10 heteroatoms. The quantitative estimate of drug-likeness (QED) is 0.686. The van der Waals surface area contributed by atoms with Crippen molar-refractivity contribution in [3.8, 4) is 0 Å². The molecule has 0 atom stereocenters. The van der Waals surface area contributed by atoms with Crippen LogP contribution >= 0.6 is 0 Å². The van der Waals surface area contributed by atoms with Gasteiger partial charge in [-0.1, -0.05) is 12.1 Å². The van der Waals surface area contributed by atoms with Crippen molar-refractivity contribution in [3.05, 3.63) is 35.7 Å². The number of rotatable bonds is 7. The summed E-state index contributed by atoms with van der Waals surface area (Å²) in [6, 6.07) is 5.94. The molecule has 0 unspecified atom stereocenters. The Kier molecular flexibility index (Phi) is 5.90. The number of carbonyl (C=O) groups excluding carboxylic acids is 1. The van der Waals surface area contributed by atoms with Crippen molar-refractivity contribution >= 4 is 27.7 Å². The maximum absolute atomic E-state index is 12.6. The van der Waals surface area contributed by atoms with Gasteiger partial charge in [0, 0.05) is 32.7 Å². The van der Waals surface area contributed by atoms with Crippen LogP contribution in [0.15, 0.2) is 29.2 Å². The van der Waals surface area contributed by atoms with Gasteiger partial charge in [-0.2, -0.15) is 15.0 Å². The zero-order chi connectivity index (χ0) is 20.3. The number of benzene rings is 1. The van der Waals surface area contributed by atoms with Crippen LogP contribution in [0.3, 0.4) is 0 Å². The normalized spacial score (nSPS) is 14.3. The largest absolute Gasteiger partial charge is 0.347 e. The molecule has 0 aliphatic carbocycles. The molecule has 150 valence electrons. The van der Waals surface area contributed by atoms with Crippen LogP contribution in [0.2, 0.25) is 0 Å². The molecule has 0 bridgehead atoms. The van der Waals surface area contributed by atoms with Crippen LogP contribution in [0.4, 0.5) is 11.9 Å². The van der Waals surface area contributed by atoms with Crippen molar-refractivity contribution in [1.29, 1.82) is 0 Å². The maximum atomic E-state index is 12.6. The van der Waals surface area contributed by atoms with E-state index >= 15 is 0 Å². The Morgan fingerprint density at radius 2 is 1.89 bits per heavy atom. The number of anilines is 2. The molecule has 28 heavy (non-hydrogen) atoms. The number of nitrogens with zero attached hydrogens (tertiary/aromatic N) is 5. The summed E-state index contributed by atoms with van der Waals surface area (Å²) in [5.74, 6) is 1.18. The number of aromatic nitrogens is 3. The second-order valence-corrected chi connectivity index (χ2v) is 8.62. The predicted octanol–water partition coefficient (Wildman–Crippen LogP) is 1.22. The lowest BCUT2D eigenvalue weighted by Gasteiger charge is -2.19. The van der Waals surface area contributed by atoms with E-state index in [0.29, 0.717) is 23.3 Å². The number of carbonyl (C=O) groups is 1. The Morgan fingerprint density at radius 3 is 2.54 bits per heavy atom. The Bertz CT molecular complexity index is 971. The second kappa shape index (κ2) is 8.19. The average Bonchev–Trinajstić information content (AvgIpc) is 3.21. The van der Waals surface area contributed by atoms with Gasteiger partial charge in [0.25, 0.3) is 0 Å². The molecule has 1 N–H and O–H groups in total. The number of nitrogens with one attached hydrogen (secondary N) is 1. The molecule has 3 rings (SSSR count). The van der Waals surface area contributed by atoms with Gasteiger partial charge >= 0.3 is 0 Å². The average molecular weight is 404 g/mol. The van der Waals surface area contributed by atoms with E-state index in [2.05, 4.69) is 24.6 Å². The zero-order valence-electron chi connectivity index (χ0n) is 16.2. The summed E-state index contributed by atoms with van der Waals surface area (Å²) in [4.78, 5) is 28.6. The van der Waals surface area contributed by atoms with Gasteiger partial charge in [-0.3, -0.25) is 4.79 Å². The number of hydrogen-bond acceptors (Lipinski definition) is 8. The SMILES string of the molecule is CC(=O)c1cccc(S(=O)(=O)NCc2nc(N(C)C)nc(N3CCCC3)n2)c1. The summed E-state index contributed by atoms with van der Waals surface area (Å²) in [6.45, 7) is 3.07. The highest BCUT2D eigenvalue weighted by Crippen LogP contribution is 2.18. The molecule has 9 nitrogen and oxygen atoms in total. The van der Waals surface area contributed by atoms with Crippen molar-refractivity contribution in [2.75, 3.05) is 37.0 Å². The molecule has 2 heterocycles. The zero-order valence-corrected chi connectivity index (χ0v) is 17.0. The number of Topliss-reactive ketones (excluding diaryl/α,β-unsaturated/α-hetero) is 1. The third kappa shape index (κ3) is 4.63. The third-order valence-corrected chi connectivity index (χ3v) is 5.82. The molecular weight excluding hydrogens is 380 g/mol. The fraction of sp³-hybridized carbons (Fsp3) is 0.444. The van der Waals surface area contributed by atoms with Gasteiger partial charge in [0.15, 0.2) is 11.6 Å². The first-order chi connectivity index (χ1) is 13.3. The van der Waals surface area contributed by atoms with Crippen LogP contribution in [-0.4, -0.2) is 56.3 Å². The van der Waals surface area contributed by atoms with E-state index in [-0.39, 0.29) is 17.2 Å². The van der Waals surface area contributed by atoms with Gasteiger partial charge in [0.05, 0.1) is 11.4 Å². The molecule has 0 spiro atoms. The van der Waals surface area contributed by atoms with E-state index in [1.807, 2.05) is 14.1 Å². The molecule has 1 aliphatic rings. The first-order valence-electron chi connectivity index (χ1n) is 9.04. The Hall–Kier alpha value is -2.59. The van der Waals surface area contributed by atoms with Crippen molar-refractivity contribution in [2.45, 2.75) is 31.2 Å². The van der Waals surface area contributed by atoms with Crippen molar-refractivity contribution in [2.24, 2.45) is 0 Å². The second-order valence-electron chi connectivity index (χ2n) is 6.85. The molecular formula is C18H24N6O3S. The van der Waals surface area contributed by atoms with Gasteiger partial charge in [-0.25, -0.2) is 13.1 Å². The van der Waals surface area contributed by atoms with Crippen LogP contribution in [0, 0.1) is 0 Å². The van der Waals surface area contributed by atoms with Crippen molar-refractivity contribution in [3.63, 3.8) is 0 Å². The van der Waals surface area contributed by atoms with E-state index in [0.717, 1.165) is 25.9 Å². The Morgan fingerprint density at radius 1 is 1.18 bits per heavy atom. The topological polar surface area (TPSA) is 108 Å². The van der Waals surface area contributed by atoms with Crippen LogP contribution in [0.5, 0.6) is 0 Å². The highest BCUT2D eigenvalue weighted by molar-refractivity contribution is 7.89. The van der Waals surface area contributed by atoms with Crippen molar-refractivity contribution < 1.29 is 13.2 Å². The van der Waals surface area contributed by atoms with Crippen molar-refractivity contribution in [1.82, 2.24) is 19.7 Å². The molecule has 0 amide bonds. The number of hydrogen-bond donors (Lipinski definition) is 1. The predicted molar refractivity (Wildman–Crippen MR) is 106 cm³/mol. The molecule has 0 saturated carbocycles. The van der Waals surface area contributed by atoms with Crippen LogP contribution in [0.1, 0.15) is 35.9 Å². The smallest absolute Gasteiger partial charge is 0.240 e. The summed E-state index contributed by atoms with van der Waals surface area (Å²) in [6.07, 6.45) is 2.16. The van der Waals surface area contributed by atoms with Gasteiger partial charge in [0.1, 0.15) is 0 Å². The van der Waals surface area contributed by atoms with E-state index in [1.54, 1.807) is 17.0 Å². The lowest BCUT2D eigenvalue weighted by atomic mass is 10.2. The minimum atomic E-state index is -3.81. The Balaban J connectivity index is 1.83. The Labute approximate surface area is 164 Å². The van der Waals surface area contributed by atoms with Gasteiger partial charge in [-0.05, 0) is 31.9 Å². The molecule has 1 aromatic heterocycles. The summed E-state index contributed by atoms with van der Waals surface area (Å²) < 4.78 is 27.8. The minimum absolute atomic E-state index is 0.0295. The monoisotopic (exact) mass is 404 g/mol.